The number of anilines is 1. The van der Waals surface area contributed by atoms with Gasteiger partial charge >= 0.3 is 0 Å². The van der Waals surface area contributed by atoms with Crippen LogP contribution in [0.1, 0.15) is 48.1 Å². The minimum atomic E-state index is -0.421. The number of rotatable bonds is 0. The van der Waals surface area contributed by atoms with Crippen LogP contribution >= 0.6 is 0 Å². The summed E-state index contributed by atoms with van der Waals surface area (Å²) < 4.78 is 21.5. The van der Waals surface area contributed by atoms with Gasteiger partial charge in [-0.05, 0) is 31.9 Å². The van der Waals surface area contributed by atoms with Crippen molar-refractivity contribution in [2.45, 2.75) is 44.4 Å². The van der Waals surface area contributed by atoms with Crippen molar-refractivity contribution in [2.24, 2.45) is 0 Å². The second-order valence-electron chi connectivity index (χ2n) is 7.28. The summed E-state index contributed by atoms with van der Waals surface area (Å²) in [7, 11) is 0. The maximum atomic E-state index is 13.9. The molecular formula is C19H19FN6O2. The summed E-state index contributed by atoms with van der Waals surface area (Å²) >= 11 is 0. The van der Waals surface area contributed by atoms with Crippen molar-refractivity contribution in [1.29, 1.82) is 0 Å². The van der Waals surface area contributed by atoms with Crippen LogP contribution in [-0.2, 0) is 0 Å². The van der Waals surface area contributed by atoms with Gasteiger partial charge in [-0.3, -0.25) is 4.79 Å². The van der Waals surface area contributed by atoms with Gasteiger partial charge in [-0.2, -0.15) is 5.10 Å². The largest absolute Gasteiger partial charge is 0.474 e. The summed E-state index contributed by atoms with van der Waals surface area (Å²) in [5.41, 5.74) is 1.51. The Morgan fingerprint density at radius 1 is 1.29 bits per heavy atom. The summed E-state index contributed by atoms with van der Waals surface area (Å²) in [5, 5.41) is 10.5. The normalized spacial score (nSPS) is 24.2. The zero-order chi connectivity index (χ0) is 19.3. The van der Waals surface area contributed by atoms with Crippen LogP contribution in [0, 0.1) is 5.82 Å². The summed E-state index contributed by atoms with van der Waals surface area (Å²) in [6.07, 6.45) is 6.59. The van der Waals surface area contributed by atoms with Gasteiger partial charge < -0.3 is 15.4 Å². The van der Waals surface area contributed by atoms with E-state index < -0.39 is 5.82 Å². The third-order valence-corrected chi connectivity index (χ3v) is 5.29. The summed E-state index contributed by atoms with van der Waals surface area (Å²) in [4.78, 5) is 21.4. The van der Waals surface area contributed by atoms with E-state index in [1.807, 2.05) is 6.92 Å². The molecule has 1 amide bonds. The van der Waals surface area contributed by atoms with Gasteiger partial charge in [0.15, 0.2) is 5.65 Å². The van der Waals surface area contributed by atoms with E-state index in [0.29, 0.717) is 34.9 Å². The van der Waals surface area contributed by atoms with E-state index in [-0.39, 0.29) is 24.1 Å². The first-order valence-corrected chi connectivity index (χ1v) is 9.31. The Labute approximate surface area is 160 Å². The Bertz CT molecular complexity index is 1070. The van der Waals surface area contributed by atoms with Crippen LogP contribution in [-0.4, -0.2) is 37.6 Å². The number of carbonyl (C=O) groups is 1. The van der Waals surface area contributed by atoms with Crippen molar-refractivity contribution >= 4 is 17.4 Å². The summed E-state index contributed by atoms with van der Waals surface area (Å²) in [6.45, 7) is 1.89. The van der Waals surface area contributed by atoms with Crippen LogP contribution in [0.2, 0.25) is 0 Å². The molecule has 1 aliphatic carbocycles. The molecule has 0 spiro atoms. The van der Waals surface area contributed by atoms with Crippen LogP contribution in [0.15, 0.2) is 30.7 Å². The second kappa shape index (κ2) is 6.43. The number of ether oxygens (including phenoxy) is 1. The van der Waals surface area contributed by atoms with Crippen LogP contribution in [0.3, 0.4) is 0 Å². The molecule has 4 heterocycles. The third kappa shape index (κ3) is 2.92. The highest BCUT2D eigenvalue weighted by molar-refractivity contribution is 5.99. The molecule has 3 aromatic rings. The molecular weight excluding hydrogens is 363 g/mol. The number of halogens is 1. The molecule has 0 aromatic carbocycles. The number of hydrogen-bond acceptors (Lipinski definition) is 6. The van der Waals surface area contributed by atoms with E-state index in [1.165, 1.54) is 12.3 Å². The topological polar surface area (TPSA) is 93.4 Å². The van der Waals surface area contributed by atoms with E-state index in [4.69, 9.17) is 4.74 Å². The quantitative estimate of drug-likeness (QED) is 0.620. The van der Waals surface area contributed by atoms with Crippen LogP contribution in [0.5, 0.6) is 5.88 Å². The van der Waals surface area contributed by atoms with Crippen molar-refractivity contribution < 1.29 is 13.9 Å². The van der Waals surface area contributed by atoms with Crippen molar-refractivity contribution in [1.82, 2.24) is 24.9 Å². The molecule has 5 rings (SSSR count). The van der Waals surface area contributed by atoms with Crippen molar-refractivity contribution in [3.05, 3.63) is 47.7 Å². The average molecular weight is 382 g/mol. The molecule has 0 saturated heterocycles. The second-order valence-corrected chi connectivity index (χ2v) is 7.28. The monoisotopic (exact) mass is 382 g/mol. The van der Waals surface area contributed by atoms with Crippen LogP contribution < -0.4 is 15.4 Å². The van der Waals surface area contributed by atoms with Crippen molar-refractivity contribution in [3.63, 3.8) is 0 Å². The molecule has 1 saturated carbocycles. The maximum absolute atomic E-state index is 13.9. The lowest BCUT2D eigenvalue weighted by Crippen LogP contribution is -2.33. The summed E-state index contributed by atoms with van der Waals surface area (Å²) in [5.74, 6) is 0.331. The number of nitrogens with one attached hydrogen (secondary N) is 2. The van der Waals surface area contributed by atoms with Gasteiger partial charge in [0.1, 0.15) is 23.3 Å². The van der Waals surface area contributed by atoms with Gasteiger partial charge in [-0.25, -0.2) is 18.9 Å². The number of amides is 1. The average Bonchev–Trinajstić information content (AvgIpc) is 3.29. The van der Waals surface area contributed by atoms with Crippen LogP contribution in [0.4, 0.5) is 10.2 Å². The van der Waals surface area contributed by atoms with Gasteiger partial charge in [0.25, 0.3) is 5.91 Å². The molecule has 9 heteroatoms. The Balaban J connectivity index is 1.61. The number of hydrogen-bond donors (Lipinski definition) is 2. The fourth-order valence-corrected chi connectivity index (χ4v) is 3.86. The highest BCUT2D eigenvalue weighted by atomic mass is 19.1. The Morgan fingerprint density at radius 3 is 3.07 bits per heavy atom. The zero-order valence-electron chi connectivity index (χ0n) is 15.2. The summed E-state index contributed by atoms with van der Waals surface area (Å²) in [6, 6.07) is 2.88. The SMILES string of the molecule is C[C@H]1Nc2ccn3ncc(c3n2)C(=O)N[C@@H]2CC[C@@H](C2)Oc2ncc(F)cc21. The van der Waals surface area contributed by atoms with E-state index in [1.54, 1.807) is 16.8 Å². The lowest BCUT2D eigenvalue weighted by atomic mass is 10.1. The van der Waals surface area contributed by atoms with Crippen molar-refractivity contribution in [2.75, 3.05) is 5.32 Å². The van der Waals surface area contributed by atoms with Gasteiger partial charge in [0.2, 0.25) is 5.88 Å². The van der Waals surface area contributed by atoms with Crippen molar-refractivity contribution in [3.8, 4) is 5.88 Å². The lowest BCUT2D eigenvalue weighted by molar-refractivity contribution is 0.0936. The fraction of sp³-hybridized carbons (Fsp3) is 0.368. The van der Waals surface area contributed by atoms with E-state index in [9.17, 15) is 9.18 Å². The first kappa shape index (κ1) is 16.9. The van der Waals surface area contributed by atoms with Crippen LogP contribution in [0.25, 0.3) is 5.65 Å². The molecule has 2 N–H and O–H groups in total. The Kier molecular flexibility index (Phi) is 3.88. The predicted octanol–water partition coefficient (Wildman–Crippen LogP) is 2.48. The molecule has 144 valence electrons. The first-order chi connectivity index (χ1) is 13.6. The van der Waals surface area contributed by atoms with E-state index >= 15 is 0 Å². The standard InChI is InChI=1S/C19H19FN6O2/c1-10-14-6-11(20)8-21-19(14)28-13-3-2-12(7-13)24-18(27)15-9-22-26-5-4-16(23-10)25-17(15)26/h4-6,8-10,12-13H,2-3,7H2,1H3,(H,23,25)(H,24,27)/t10-,12-,13+/m1/s1. The number of carbonyl (C=O) groups excluding carboxylic acids is 1. The van der Waals surface area contributed by atoms with Gasteiger partial charge in [0, 0.05) is 24.2 Å². The molecule has 2 aliphatic rings. The Morgan fingerprint density at radius 2 is 2.18 bits per heavy atom. The number of fused-ring (bicyclic) bond motifs is 4. The highest BCUT2D eigenvalue weighted by Gasteiger charge is 2.30. The molecule has 3 atom stereocenters. The predicted molar refractivity (Wildman–Crippen MR) is 98.7 cm³/mol. The molecule has 1 aliphatic heterocycles. The Hall–Kier alpha value is -3.23. The molecule has 3 aromatic heterocycles. The third-order valence-electron chi connectivity index (χ3n) is 5.29. The smallest absolute Gasteiger partial charge is 0.256 e. The van der Waals surface area contributed by atoms with Gasteiger partial charge in [-0.1, -0.05) is 0 Å². The first-order valence-electron chi connectivity index (χ1n) is 9.31. The number of nitrogens with zero attached hydrogens (tertiary/aromatic N) is 4. The molecule has 1 fully saturated rings. The minimum absolute atomic E-state index is 0.00183. The minimum Gasteiger partial charge on any atom is -0.474 e. The highest BCUT2D eigenvalue weighted by Crippen LogP contribution is 2.31. The fourth-order valence-electron chi connectivity index (χ4n) is 3.86. The molecule has 0 unspecified atom stereocenters. The molecule has 8 nitrogen and oxygen atoms in total. The molecule has 28 heavy (non-hydrogen) atoms. The molecule has 0 radical (unpaired) electrons. The van der Waals surface area contributed by atoms with E-state index in [2.05, 4.69) is 25.7 Å². The zero-order valence-corrected chi connectivity index (χ0v) is 15.2. The lowest BCUT2D eigenvalue weighted by Gasteiger charge is -2.21. The number of pyridine rings is 1. The molecule has 4 bridgehead atoms. The maximum Gasteiger partial charge on any atom is 0.256 e. The number of aromatic nitrogens is 4. The van der Waals surface area contributed by atoms with E-state index in [0.717, 1.165) is 19.0 Å². The van der Waals surface area contributed by atoms with Gasteiger partial charge in [0.05, 0.1) is 18.4 Å². The van der Waals surface area contributed by atoms with Gasteiger partial charge in [-0.15, -0.1) is 0 Å².